The van der Waals surface area contributed by atoms with E-state index in [1.807, 2.05) is 7.05 Å². The van der Waals surface area contributed by atoms with E-state index in [4.69, 9.17) is 0 Å². The van der Waals surface area contributed by atoms with Gasteiger partial charge in [-0.15, -0.1) is 0 Å². The van der Waals surface area contributed by atoms with E-state index in [1.54, 1.807) is 0 Å². The lowest BCUT2D eigenvalue weighted by Gasteiger charge is -2.11. The number of likely N-dealkylation sites (N-methyl/N-ethyl adjacent to an activating group) is 1. The molecule has 0 spiro atoms. The second-order valence-corrected chi connectivity index (χ2v) is 3.71. The van der Waals surface area contributed by atoms with Crippen LogP contribution in [0, 0.1) is 13.8 Å². The molecule has 1 aliphatic rings. The van der Waals surface area contributed by atoms with Crippen LogP contribution in [0.1, 0.15) is 22.7 Å². The van der Waals surface area contributed by atoms with Gasteiger partial charge in [0.1, 0.15) is 0 Å². The van der Waals surface area contributed by atoms with Gasteiger partial charge >= 0.3 is 0 Å². The summed E-state index contributed by atoms with van der Waals surface area (Å²) in [5, 5.41) is 6.77. The van der Waals surface area contributed by atoms with Crippen molar-refractivity contribution in [1.29, 1.82) is 0 Å². The first-order valence-electron chi connectivity index (χ1n) is 4.75. The molecule has 70 valence electrons. The molecule has 2 heteroatoms. The van der Waals surface area contributed by atoms with Gasteiger partial charge < -0.3 is 10.6 Å². The molecule has 1 aromatic rings. The van der Waals surface area contributed by atoms with Crippen molar-refractivity contribution < 1.29 is 0 Å². The molecule has 0 saturated heterocycles. The summed E-state index contributed by atoms with van der Waals surface area (Å²) in [6, 6.07) is 4.86. The Kier molecular flexibility index (Phi) is 2.00. The molecule has 2 nitrogen and oxygen atoms in total. The van der Waals surface area contributed by atoms with Crippen LogP contribution in [0.4, 0.5) is 5.69 Å². The van der Waals surface area contributed by atoms with E-state index in [2.05, 4.69) is 36.6 Å². The Labute approximate surface area is 79.4 Å². The Morgan fingerprint density at radius 3 is 2.69 bits per heavy atom. The molecule has 0 fully saturated rings. The normalized spacial score (nSPS) is 19.8. The molecule has 13 heavy (non-hydrogen) atoms. The number of anilines is 1. The van der Waals surface area contributed by atoms with E-state index in [9.17, 15) is 0 Å². The van der Waals surface area contributed by atoms with Crippen LogP contribution in [-0.2, 0) is 0 Å². The maximum Gasteiger partial charge on any atom is 0.0516 e. The molecule has 1 aliphatic heterocycles. The van der Waals surface area contributed by atoms with Crippen LogP contribution in [0.25, 0.3) is 0 Å². The molecule has 1 aromatic carbocycles. The molecular weight excluding hydrogens is 160 g/mol. The van der Waals surface area contributed by atoms with Gasteiger partial charge in [-0.25, -0.2) is 0 Å². The zero-order valence-corrected chi connectivity index (χ0v) is 8.44. The van der Waals surface area contributed by atoms with Gasteiger partial charge in [-0.05, 0) is 37.6 Å². The lowest BCUT2D eigenvalue weighted by Crippen LogP contribution is -2.18. The molecule has 2 N–H and O–H groups in total. The van der Waals surface area contributed by atoms with E-state index in [1.165, 1.54) is 22.4 Å². The fraction of sp³-hybridized carbons (Fsp3) is 0.455. The van der Waals surface area contributed by atoms with Gasteiger partial charge in [0.05, 0.1) is 6.04 Å². The van der Waals surface area contributed by atoms with Crippen LogP contribution in [0.2, 0.25) is 0 Å². The van der Waals surface area contributed by atoms with Gasteiger partial charge in [0, 0.05) is 12.2 Å². The van der Waals surface area contributed by atoms with Crippen LogP contribution < -0.4 is 10.6 Å². The summed E-state index contributed by atoms with van der Waals surface area (Å²) in [7, 11) is 2.02. The van der Waals surface area contributed by atoms with Crippen molar-refractivity contribution in [3.63, 3.8) is 0 Å². The molecule has 0 saturated carbocycles. The number of benzene rings is 1. The predicted octanol–water partition coefficient (Wildman–Crippen LogP) is 1.99. The third-order valence-electron chi connectivity index (χ3n) is 2.85. The summed E-state index contributed by atoms with van der Waals surface area (Å²) in [5.74, 6) is 0. The molecule has 2 rings (SSSR count). The highest BCUT2D eigenvalue weighted by atomic mass is 15.0. The zero-order chi connectivity index (χ0) is 9.42. The maximum atomic E-state index is 3.45. The highest BCUT2D eigenvalue weighted by molar-refractivity contribution is 5.64. The van der Waals surface area contributed by atoms with Crippen molar-refractivity contribution >= 4 is 5.69 Å². The van der Waals surface area contributed by atoms with Crippen molar-refractivity contribution in [2.75, 3.05) is 18.9 Å². The fourth-order valence-electron chi connectivity index (χ4n) is 2.07. The van der Waals surface area contributed by atoms with Crippen LogP contribution in [0.5, 0.6) is 0 Å². The lowest BCUT2D eigenvalue weighted by atomic mass is 10.00. The molecule has 0 aliphatic carbocycles. The summed E-state index contributed by atoms with van der Waals surface area (Å²) in [6.07, 6.45) is 0. The molecule has 1 atom stereocenters. The maximum absolute atomic E-state index is 3.45. The number of hydrogen-bond acceptors (Lipinski definition) is 2. The van der Waals surface area contributed by atoms with Gasteiger partial charge in [0.15, 0.2) is 0 Å². The number of nitrogens with one attached hydrogen (secondary N) is 2. The van der Waals surface area contributed by atoms with Crippen molar-refractivity contribution in [2.24, 2.45) is 0 Å². The van der Waals surface area contributed by atoms with E-state index < -0.39 is 0 Å². The number of fused-ring (bicyclic) bond motifs is 1. The lowest BCUT2D eigenvalue weighted by molar-refractivity contribution is 0.645. The van der Waals surface area contributed by atoms with Crippen LogP contribution >= 0.6 is 0 Å². The highest BCUT2D eigenvalue weighted by Crippen LogP contribution is 2.34. The minimum absolute atomic E-state index is 0.481. The van der Waals surface area contributed by atoms with E-state index in [0.717, 1.165) is 6.54 Å². The van der Waals surface area contributed by atoms with Crippen LogP contribution in [0.15, 0.2) is 12.1 Å². The molecule has 0 aromatic heterocycles. The Morgan fingerprint density at radius 1 is 1.31 bits per heavy atom. The van der Waals surface area contributed by atoms with Crippen molar-refractivity contribution in [3.05, 3.63) is 28.8 Å². The first-order valence-corrected chi connectivity index (χ1v) is 4.75. The molecule has 1 heterocycles. The minimum atomic E-state index is 0.481. The zero-order valence-electron chi connectivity index (χ0n) is 8.44. The standard InChI is InChI=1S/C11H16N2/c1-7-4-5-8(2)11-10(7)9(12-3)6-13-11/h4-5,9,12-13H,6H2,1-3H3. The topological polar surface area (TPSA) is 24.1 Å². The van der Waals surface area contributed by atoms with Crippen molar-refractivity contribution in [2.45, 2.75) is 19.9 Å². The van der Waals surface area contributed by atoms with Gasteiger partial charge in [-0.1, -0.05) is 12.1 Å². The summed E-state index contributed by atoms with van der Waals surface area (Å²) >= 11 is 0. The number of hydrogen-bond donors (Lipinski definition) is 2. The van der Waals surface area contributed by atoms with Gasteiger partial charge in [0.25, 0.3) is 0 Å². The molecule has 0 radical (unpaired) electrons. The third kappa shape index (κ3) is 1.22. The summed E-state index contributed by atoms with van der Waals surface area (Å²) in [4.78, 5) is 0. The molecular formula is C11H16N2. The van der Waals surface area contributed by atoms with Gasteiger partial charge in [0.2, 0.25) is 0 Å². The molecule has 1 unspecified atom stereocenters. The smallest absolute Gasteiger partial charge is 0.0516 e. The largest absolute Gasteiger partial charge is 0.383 e. The quantitative estimate of drug-likeness (QED) is 0.683. The highest BCUT2D eigenvalue weighted by Gasteiger charge is 2.23. The third-order valence-corrected chi connectivity index (χ3v) is 2.85. The molecule has 0 bridgehead atoms. The SMILES string of the molecule is CNC1CNc2c(C)ccc(C)c21. The second-order valence-electron chi connectivity index (χ2n) is 3.71. The predicted molar refractivity (Wildman–Crippen MR) is 56.2 cm³/mol. The Hall–Kier alpha value is -1.02. The fourth-order valence-corrected chi connectivity index (χ4v) is 2.07. The van der Waals surface area contributed by atoms with Gasteiger partial charge in [-0.3, -0.25) is 0 Å². The van der Waals surface area contributed by atoms with E-state index in [0.29, 0.717) is 6.04 Å². The van der Waals surface area contributed by atoms with E-state index in [-0.39, 0.29) is 0 Å². The van der Waals surface area contributed by atoms with Crippen molar-refractivity contribution in [3.8, 4) is 0 Å². The van der Waals surface area contributed by atoms with Crippen LogP contribution in [0.3, 0.4) is 0 Å². The van der Waals surface area contributed by atoms with Crippen LogP contribution in [-0.4, -0.2) is 13.6 Å². The minimum Gasteiger partial charge on any atom is -0.383 e. The summed E-state index contributed by atoms with van der Waals surface area (Å²) < 4.78 is 0. The van der Waals surface area contributed by atoms with E-state index >= 15 is 0 Å². The molecule has 0 amide bonds. The Balaban J connectivity index is 2.55. The number of aryl methyl sites for hydroxylation is 2. The second kappa shape index (κ2) is 3.04. The first-order chi connectivity index (χ1) is 6.24. The average molecular weight is 176 g/mol. The Morgan fingerprint density at radius 2 is 2.00 bits per heavy atom. The van der Waals surface area contributed by atoms with Crippen molar-refractivity contribution in [1.82, 2.24) is 5.32 Å². The monoisotopic (exact) mass is 176 g/mol. The summed E-state index contributed by atoms with van der Waals surface area (Å²) in [5.41, 5.74) is 5.50. The van der Waals surface area contributed by atoms with Gasteiger partial charge in [-0.2, -0.15) is 0 Å². The number of rotatable bonds is 1. The average Bonchev–Trinajstić information content (AvgIpc) is 2.56. The first kappa shape index (κ1) is 8.57. The summed E-state index contributed by atoms with van der Waals surface area (Å²) in [6.45, 7) is 5.34. The Bertz CT molecular complexity index is 331.